The number of nitrogens with one attached hydrogen (secondary N) is 1. The fourth-order valence-corrected chi connectivity index (χ4v) is 4.26. The van der Waals surface area contributed by atoms with Crippen LogP contribution < -0.4 is 10.2 Å². The zero-order chi connectivity index (χ0) is 18.9. The summed E-state index contributed by atoms with van der Waals surface area (Å²) in [5, 5.41) is 17.2. The van der Waals surface area contributed by atoms with E-state index in [1.54, 1.807) is 17.7 Å². The number of thiophene rings is 1. The van der Waals surface area contributed by atoms with Crippen LogP contribution >= 0.6 is 11.3 Å². The summed E-state index contributed by atoms with van der Waals surface area (Å²) in [5.74, 6) is 1.29. The number of imidazole rings is 1. The van der Waals surface area contributed by atoms with Crippen LogP contribution in [0, 0.1) is 0 Å². The van der Waals surface area contributed by atoms with E-state index in [1.807, 2.05) is 46.3 Å². The summed E-state index contributed by atoms with van der Waals surface area (Å²) in [4.78, 5) is 16.3. The molecule has 3 aromatic heterocycles. The van der Waals surface area contributed by atoms with E-state index < -0.39 is 0 Å². The molecule has 8 heteroatoms. The maximum Gasteiger partial charge on any atom is 0.229 e. The molecule has 0 bridgehead atoms. The van der Waals surface area contributed by atoms with E-state index in [9.17, 15) is 5.11 Å². The topological polar surface area (TPSA) is 79.1 Å². The molecule has 7 nitrogen and oxygen atoms in total. The average molecular weight is 392 g/mol. The van der Waals surface area contributed by atoms with Crippen molar-refractivity contribution in [1.82, 2.24) is 19.5 Å². The zero-order valence-electron chi connectivity index (χ0n) is 15.2. The molecule has 1 aliphatic heterocycles. The lowest BCUT2D eigenvalue weighted by Gasteiger charge is -2.23. The van der Waals surface area contributed by atoms with Crippen LogP contribution in [0.15, 0.2) is 53.5 Å². The number of aliphatic hydroxyl groups excluding tert-OH is 1. The van der Waals surface area contributed by atoms with Gasteiger partial charge in [0.1, 0.15) is 6.33 Å². The Hall–Kier alpha value is -2.97. The largest absolute Gasteiger partial charge is 0.394 e. The van der Waals surface area contributed by atoms with Crippen molar-refractivity contribution in [3.05, 3.63) is 53.5 Å². The quantitative estimate of drug-likeness (QED) is 0.540. The standard InChI is InChI=1S/C20H20N6OS/c27-11-15-7-4-9-25(15)20-23-18(22-14-5-2-1-3-6-14)17-19(24-20)26(13-21-17)16-8-10-28-12-16/h1-3,5-6,8,10,12-13,15,27H,4,7,9,11H2,(H,22,23,24). The molecule has 28 heavy (non-hydrogen) atoms. The number of rotatable bonds is 5. The Morgan fingerprint density at radius 3 is 2.86 bits per heavy atom. The molecule has 0 radical (unpaired) electrons. The monoisotopic (exact) mass is 392 g/mol. The van der Waals surface area contributed by atoms with Crippen LogP contribution in [-0.4, -0.2) is 43.8 Å². The molecule has 2 N–H and O–H groups in total. The summed E-state index contributed by atoms with van der Waals surface area (Å²) in [6.45, 7) is 0.945. The van der Waals surface area contributed by atoms with Gasteiger partial charge in [0.15, 0.2) is 17.0 Å². The maximum atomic E-state index is 9.75. The highest BCUT2D eigenvalue weighted by Crippen LogP contribution is 2.30. The van der Waals surface area contributed by atoms with Gasteiger partial charge in [0.2, 0.25) is 5.95 Å². The molecule has 5 rings (SSSR count). The number of anilines is 3. The summed E-state index contributed by atoms with van der Waals surface area (Å²) in [6.07, 6.45) is 3.76. The first-order valence-electron chi connectivity index (χ1n) is 9.31. The number of aliphatic hydroxyl groups is 1. The van der Waals surface area contributed by atoms with Gasteiger partial charge in [-0.1, -0.05) is 18.2 Å². The Bertz CT molecular complexity index is 1080. The molecule has 0 saturated carbocycles. The van der Waals surface area contributed by atoms with E-state index in [4.69, 9.17) is 9.97 Å². The summed E-state index contributed by atoms with van der Waals surface area (Å²) in [7, 11) is 0. The highest BCUT2D eigenvalue weighted by molar-refractivity contribution is 7.08. The first kappa shape index (κ1) is 17.2. The van der Waals surface area contributed by atoms with Gasteiger partial charge in [-0.3, -0.25) is 4.57 Å². The third-order valence-corrected chi connectivity index (χ3v) is 5.72. The lowest BCUT2D eigenvalue weighted by atomic mass is 10.2. The van der Waals surface area contributed by atoms with Gasteiger partial charge < -0.3 is 15.3 Å². The number of fused-ring (bicyclic) bond motifs is 1. The molecule has 0 spiro atoms. The van der Waals surface area contributed by atoms with Crippen molar-refractivity contribution in [2.45, 2.75) is 18.9 Å². The predicted octanol–water partition coefficient (Wildman–Crippen LogP) is 3.58. The highest BCUT2D eigenvalue weighted by Gasteiger charge is 2.27. The first-order valence-corrected chi connectivity index (χ1v) is 10.2. The van der Waals surface area contributed by atoms with Gasteiger partial charge in [0.25, 0.3) is 0 Å². The third-order valence-electron chi connectivity index (χ3n) is 5.05. The van der Waals surface area contributed by atoms with E-state index in [-0.39, 0.29) is 12.6 Å². The molecule has 1 aromatic carbocycles. The Morgan fingerprint density at radius 2 is 2.07 bits per heavy atom. The molecule has 1 fully saturated rings. The van der Waals surface area contributed by atoms with Crippen LogP contribution in [0.1, 0.15) is 12.8 Å². The molecule has 142 valence electrons. The van der Waals surface area contributed by atoms with E-state index in [2.05, 4.69) is 20.6 Å². The number of hydrogen-bond donors (Lipinski definition) is 2. The Balaban J connectivity index is 1.66. The van der Waals surface area contributed by atoms with Crippen LogP contribution in [-0.2, 0) is 0 Å². The number of nitrogens with zero attached hydrogens (tertiary/aromatic N) is 5. The molecule has 0 amide bonds. The third kappa shape index (κ3) is 3.00. The van der Waals surface area contributed by atoms with Crippen molar-refractivity contribution in [3.8, 4) is 5.69 Å². The summed E-state index contributed by atoms with van der Waals surface area (Å²) in [6, 6.07) is 12.0. The van der Waals surface area contributed by atoms with Gasteiger partial charge in [-0.05, 0) is 36.4 Å². The van der Waals surface area contributed by atoms with Gasteiger partial charge in [0, 0.05) is 17.6 Å². The Labute approximate surface area is 166 Å². The fraction of sp³-hybridized carbons (Fsp3) is 0.250. The number of benzene rings is 1. The van der Waals surface area contributed by atoms with Crippen molar-refractivity contribution >= 4 is 40.0 Å². The molecule has 1 unspecified atom stereocenters. The van der Waals surface area contributed by atoms with Crippen LogP contribution in [0.4, 0.5) is 17.5 Å². The van der Waals surface area contributed by atoms with Crippen molar-refractivity contribution in [1.29, 1.82) is 0 Å². The second kappa shape index (κ2) is 7.21. The van der Waals surface area contributed by atoms with E-state index in [0.29, 0.717) is 11.8 Å². The summed E-state index contributed by atoms with van der Waals surface area (Å²) >= 11 is 1.64. The van der Waals surface area contributed by atoms with E-state index >= 15 is 0 Å². The molecule has 1 saturated heterocycles. The van der Waals surface area contributed by atoms with Crippen molar-refractivity contribution in [2.75, 3.05) is 23.4 Å². The molecule has 1 atom stereocenters. The SMILES string of the molecule is OCC1CCCN1c1nc(Nc2ccccc2)c2ncn(-c3ccsc3)c2n1. The van der Waals surface area contributed by atoms with Gasteiger partial charge in [0.05, 0.1) is 18.3 Å². The second-order valence-corrected chi connectivity index (χ2v) is 7.58. The van der Waals surface area contributed by atoms with Gasteiger partial charge in [-0.25, -0.2) is 4.98 Å². The summed E-state index contributed by atoms with van der Waals surface area (Å²) in [5.41, 5.74) is 3.45. The summed E-state index contributed by atoms with van der Waals surface area (Å²) < 4.78 is 1.98. The predicted molar refractivity (Wildman–Crippen MR) is 112 cm³/mol. The smallest absolute Gasteiger partial charge is 0.229 e. The lowest BCUT2D eigenvalue weighted by molar-refractivity contribution is 0.265. The molecule has 4 heterocycles. The van der Waals surface area contributed by atoms with Crippen molar-refractivity contribution < 1.29 is 5.11 Å². The second-order valence-electron chi connectivity index (χ2n) is 6.80. The molecule has 1 aliphatic rings. The first-order chi connectivity index (χ1) is 13.8. The Kier molecular flexibility index (Phi) is 4.42. The van der Waals surface area contributed by atoms with Crippen LogP contribution in [0.25, 0.3) is 16.9 Å². The van der Waals surface area contributed by atoms with Crippen LogP contribution in [0.5, 0.6) is 0 Å². The lowest BCUT2D eigenvalue weighted by Crippen LogP contribution is -2.33. The highest BCUT2D eigenvalue weighted by atomic mass is 32.1. The van der Waals surface area contributed by atoms with Crippen LogP contribution in [0.2, 0.25) is 0 Å². The van der Waals surface area contributed by atoms with Crippen LogP contribution in [0.3, 0.4) is 0 Å². The molecule has 4 aromatic rings. The van der Waals surface area contributed by atoms with Crippen molar-refractivity contribution in [3.63, 3.8) is 0 Å². The average Bonchev–Trinajstić information content (AvgIpc) is 3.47. The van der Waals surface area contributed by atoms with Gasteiger partial charge >= 0.3 is 0 Å². The van der Waals surface area contributed by atoms with Crippen molar-refractivity contribution in [2.24, 2.45) is 0 Å². The van der Waals surface area contributed by atoms with E-state index in [1.165, 1.54) is 0 Å². The number of para-hydroxylation sites is 1. The number of hydrogen-bond acceptors (Lipinski definition) is 7. The van der Waals surface area contributed by atoms with Gasteiger partial charge in [-0.15, -0.1) is 0 Å². The number of aromatic nitrogens is 4. The zero-order valence-corrected chi connectivity index (χ0v) is 16.0. The minimum absolute atomic E-state index is 0.0551. The molecular formula is C20H20N6OS. The normalized spacial score (nSPS) is 16.8. The minimum Gasteiger partial charge on any atom is -0.394 e. The fourth-order valence-electron chi connectivity index (χ4n) is 3.63. The molecular weight excluding hydrogens is 372 g/mol. The van der Waals surface area contributed by atoms with E-state index in [0.717, 1.165) is 41.9 Å². The molecule has 0 aliphatic carbocycles. The maximum absolute atomic E-state index is 9.75. The Morgan fingerprint density at radius 1 is 1.18 bits per heavy atom. The van der Waals surface area contributed by atoms with Gasteiger partial charge in [-0.2, -0.15) is 21.3 Å². The minimum atomic E-state index is 0.0551.